The predicted octanol–water partition coefficient (Wildman–Crippen LogP) is 1.83. The second-order valence-electron chi connectivity index (χ2n) is 4.46. The molecule has 3 rings (SSSR count). The van der Waals surface area contributed by atoms with Crippen molar-refractivity contribution in [2.75, 3.05) is 7.11 Å². The Bertz CT molecular complexity index is 688. The Labute approximate surface area is 108 Å². The molecular formula is C14H12O5. The quantitative estimate of drug-likeness (QED) is 0.784. The van der Waals surface area contributed by atoms with Gasteiger partial charge >= 0.3 is 0 Å². The summed E-state index contributed by atoms with van der Waals surface area (Å²) < 4.78 is 15.8. The molecule has 1 aromatic heterocycles. The van der Waals surface area contributed by atoms with E-state index in [1.54, 1.807) is 18.2 Å². The third-order valence-corrected chi connectivity index (χ3v) is 3.29. The molecule has 2 atom stereocenters. The topological polar surface area (TPSA) is 65.7 Å². The minimum Gasteiger partial charge on any atom is -0.493 e. The van der Waals surface area contributed by atoms with Gasteiger partial charge in [-0.15, -0.1) is 0 Å². The van der Waals surface area contributed by atoms with E-state index in [1.807, 2.05) is 0 Å². The molecule has 1 aromatic carbocycles. The van der Waals surface area contributed by atoms with Crippen molar-refractivity contribution in [2.24, 2.45) is 0 Å². The van der Waals surface area contributed by atoms with E-state index in [2.05, 4.69) is 0 Å². The van der Waals surface area contributed by atoms with E-state index >= 15 is 0 Å². The molecular weight excluding hydrogens is 248 g/mol. The van der Waals surface area contributed by atoms with E-state index in [1.165, 1.54) is 13.2 Å². The Balaban J connectivity index is 2.09. The number of hydrogen-bond acceptors (Lipinski definition) is 5. The van der Waals surface area contributed by atoms with Crippen LogP contribution in [-0.2, 0) is 9.53 Å². The molecule has 5 nitrogen and oxygen atoms in total. The second kappa shape index (κ2) is 4.42. The van der Waals surface area contributed by atoms with Crippen LogP contribution in [0.15, 0.2) is 33.5 Å². The fourth-order valence-corrected chi connectivity index (χ4v) is 2.21. The van der Waals surface area contributed by atoms with Gasteiger partial charge < -0.3 is 13.9 Å². The van der Waals surface area contributed by atoms with Gasteiger partial charge in [-0.1, -0.05) is 6.07 Å². The SMILES string of the molecule is COc1cccc2c(=O)cc(C3CC3OC=O)oc12. The van der Waals surface area contributed by atoms with Gasteiger partial charge in [-0.3, -0.25) is 9.59 Å². The average molecular weight is 260 g/mol. The molecule has 19 heavy (non-hydrogen) atoms. The summed E-state index contributed by atoms with van der Waals surface area (Å²) in [6, 6.07) is 6.63. The summed E-state index contributed by atoms with van der Waals surface area (Å²) in [5.41, 5.74) is 0.316. The van der Waals surface area contributed by atoms with Gasteiger partial charge in [0.2, 0.25) is 0 Å². The Kier molecular flexibility index (Phi) is 2.74. The number of methoxy groups -OCH3 is 1. The first-order valence-corrected chi connectivity index (χ1v) is 5.94. The summed E-state index contributed by atoms with van der Waals surface area (Å²) in [7, 11) is 1.52. The van der Waals surface area contributed by atoms with Crippen molar-refractivity contribution in [3.05, 3.63) is 40.2 Å². The van der Waals surface area contributed by atoms with E-state index in [0.29, 0.717) is 35.4 Å². The van der Waals surface area contributed by atoms with Gasteiger partial charge in [0.1, 0.15) is 11.9 Å². The number of benzene rings is 1. The molecule has 2 unspecified atom stereocenters. The molecule has 0 bridgehead atoms. The molecule has 1 heterocycles. The lowest BCUT2D eigenvalue weighted by Gasteiger charge is -2.06. The van der Waals surface area contributed by atoms with Gasteiger partial charge in [0.25, 0.3) is 6.47 Å². The van der Waals surface area contributed by atoms with Crippen LogP contribution in [0.25, 0.3) is 11.0 Å². The first kappa shape index (κ1) is 11.8. The van der Waals surface area contributed by atoms with Crippen molar-refractivity contribution in [3.8, 4) is 5.75 Å². The highest BCUT2D eigenvalue weighted by molar-refractivity contribution is 5.82. The highest BCUT2D eigenvalue weighted by Crippen LogP contribution is 2.43. The van der Waals surface area contributed by atoms with Crippen molar-refractivity contribution in [2.45, 2.75) is 18.4 Å². The molecule has 0 saturated heterocycles. The molecule has 0 amide bonds. The van der Waals surface area contributed by atoms with Crippen LogP contribution < -0.4 is 10.2 Å². The lowest BCUT2D eigenvalue weighted by atomic mass is 10.2. The highest BCUT2D eigenvalue weighted by atomic mass is 16.5. The molecule has 1 aliphatic rings. The van der Waals surface area contributed by atoms with E-state index < -0.39 is 0 Å². The minimum absolute atomic E-state index is 0.0350. The van der Waals surface area contributed by atoms with E-state index in [-0.39, 0.29) is 17.5 Å². The van der Waals surface area contributed by atoms with Crippen molar-refractivity contribution in [1.82, 2.24) is 0 Å². The standard InChI is InChI=1S/C14H12O5/c1-17-11-4-2-3-8-10(16)6-13(19-14(8)11)9-5-12(9)18-7-15/h2-4,6-7,9,12H,5H2,1H3. The maximum absolute atomic E-state index is 12.0. The molecule has 2 aromatic rings. The van der Waals surface area contributed by atoms with Gasteiger partial charge in [-0.2, -0.15) is 0 Å². The molecule has 0 radical (unpaired) electrons. The molecule has 0 aliphatic heterocycles. The van der Waals surface area contributed by atoms with Gasteiger partial charge in [-0.05, 0) is 18.6 Å². The first-order valence-electron chi connectivity index (χ1n) is 5.94. The van der Waals surface area contributed by atoms with Crippen LogP contribution in [0.3, 0.4) is 0 Å². The predicted molar refractivity (Wildman–Crippen MR) is 67.3 cm³/mol. The third kappa shape index (κ3) is 1.97. The summed E-state index contributed by atoms with van der Waals surface area (Å²) in [5, 5.41) is 0.483. The summed E-state index contributed by atoms with van der Waals surface area (Å²) in [6.07, 6.45) is 0.496. The fraction of sp³-hybridized carbons (Fsp3) is 0.286. The van der Waals surface area contributed by atoms with Crippen molar-refractivity contribution in [1.29, 1.82) is 0 Å². The van der Waals surface area contributed by atoms with Gasteiger partial charge in [0, 0.05) is 6.07 Å². The van der Waals surface area contributed by atoms with Crippen molar-refractivity contribution >= 4 is 17.4 Å². The first-order chi connectivity index (χ1) is 9.24. The zero-order valence-corrected chi connectivity index (χ0v) is 10.3. The Morgan fingerprint density at radius 1 is 1.42 bits per heavy atom. The zero-order chi connectivity index (χ0) is 13.4. The number of para-hydroxylation sites is 1. The molecule has 5 heteroatoms. The van der Waals surface area contributed by atoms with Crippen LogP contribution in [-0.4, -0.2) is 19.7 Å². The molecule has 98 valence electrons. The number of fused-ring (bicyclic) bond motifs is 1. The van der Waals surface area contributed by atoms with Crippen molar-refractivity contribution < 1.29 is 18.7 Å². The molecule has 0 spiro atoms. The summed E-state index contributed by atoms with van der Waals surface area (Å²) in [5.74, 6) is 1.02. The highest BCUT2D eigenvalue weighted by Gasteiger charge is 2.43. The summed E-state index contributed by atoms with van der Waals surface area (Å²) >= 11 is 0. The third-order valence-electron chi connectivity index (χ3n) is 3.29. The van der Waals surface area contributed by atoms with Crippen molar-refractivity contribution in [3.63, 3.8) is 0 Å². The van der Waals surface area contributed by atoms with Crippen LogP contribution in [0.2, 0.25) is 0 Å². The molecule has 1 saturated carbocycles. The van der Waals surface area contributed by atoms with Crippen LogP contribution >= 0.6 is 0 Å². The fourth-order valence-electron chi connectivity index (χ4n) is 2.21. The van der Waals surface area contributed by atoms with E-state index in [4.69, 9.17) is 13.9 Å². The number of hydrogen-bond donors (Lipinski definition) is 0. The average Bonchev–Trinajstić information content (AvgIpc) is 3.18. The Morgan fingerprint density at radius 2 is 2.26 bits per heavy atom. The molecule has 1 fully saturated rings. The Hall–Kier alpha value is -2.30. The van der Waals surface area contributed by atoms with Gasteiger partial charge in [0.15, 0.2) is 16.8 Å². The number of rotatable bonds is 4. The second-order valence-corrected chi connectivity index (χ2v) is 4.46. The number of carbonyl (C=O) groups excluding carboxylic acids is 1. The van der Waals surface area contributed by atoms with Crippen LogP contribution in [0.5, 0.6) is 5.75 Å². The summed E-state index contributed by atoms with van der Waals surface area (Å²) in [6.45, 7) is 0.421. The van der Waals surface area contributed by atoms with Crippen LogP contribution in [0.1, 0.15) is 18.1 Å². The van der Waals surface area contributed by atoms with Crippen LogP contribution in [0.4, 0.5) is 0 Å². The zero-order valence-electron chi connectivity index (χ0n) is 10.3. The lowest BCUT2D eigenvalue weighted by molar-refractivity contribution is -0.129. The molecule has 0 N–H and O–H groups in total. The lowest BCUT2D eigenvalue weighted by Crippen LogP contribution is -2.04. The maximum Gasteiger partial charge on any atom is 0.293 e. The van der Waals surface area contributed by atoms with Gasteiger partial charge in [-0.25, -0.2) is 0 Å². The van der Waals surface area contributed by atoms with Crippen LogP contribution in [0, 0.1) is 0 Å². The van der Waals surface area contributed by atoms with E-state index in [9.17, 15) is 9.59 Å². The Morgan fingerprint density at radius 3 is 3.00 bits per heavy atom. The number of carbonyl (C=O) groups is 1. The molecule has 1 aliphatic carbocycles. The number of ether oxygens (including phenoxy) is 2. The summed E-state index contributed by atoms with van der Waals surface area (Å²) in [4.78, 5) is 22.3. The monoisotopic (exact) mass is 260 g/mol. The van der Waals surface area contributed by atoms with E-state index in [0.717, 1.165) is 0 Å². The largest absolute Gasteiger partial charge is 0.493 e. The normalized spacial score (nSPS) is 21.1. The smallest absolute Gasteiger partial charge is 0.293 e. The maximum atomic E-state index is 12.0. The van der Waals surface area contributed by atoms with Gasteiger partial charge in [0.05, 0.1) is 18.4 Å². The minimum atomic E-state index is -0.187.